The third-order valence-electron chi connectivity index (χ3n) is 3.48. The zero-order chi connectivity index (χ0) is 19.1. The molecule has 0 saturated heterocycles. The standard InChI is InChI=1S/C17H20Cl2FN5O/c1-3-21-17(22-9-13-8-14(18)16(19)25(13)2)23-10-15(26)24-12-6-4-5-11(20)7-12/h4-8H,3,9-10H2,1-2H3,(H,24,26)(H2,21,22,23). The Labute approximate surface area is 161 Å². The minimum atomic E-state index is -0.412. The van der Waals surface area contributed by atoms with E-state index in [1.54, 1.807) is 23.7 Å². The van der Waals surface area contributed by atoms with Gasteiger partial charge >= 0.3 is 0 Å². The van der Waals surface area contributed by atoms with Gasteiger partial charge < -0.3 is 20.5 Å². The van der Waals surface area contributed by atoms with Crippen LogP contribution in [0.5, 0.6) is 0 Å². The van der Waals surface area contributed by atoms with Crippen LogP contribution in [-0.2, 0) is 18.4 Å². The van der Waals surface area contributed by atoms with Gasteiger partial charge in [-0.2, -0.15) is 0 Å². The highest BCUT2D eigenvalue weighted by molar-refractivity contribution is 6.41. The average molecular weight is 400 g/mol. The van der Waals surface area contributed by atoms with Gasteiger partial charge in [0.25, 0.3) is 0 Å². The molecule has 0 aliphatic heterocycles. The van der Waals surface area contributed by atoms with Crippen molar-refractivity contribution < 1.29 is 9.18 Å². The Morgan fingerprint density at radius 1 is 1.27 bits per heavy atom. The van der Waals surface area contributed by atoms with Crippen LogP contribution in [0.2, 0.25) is 10.2 Å². The molecule has 0 aliphatic rings. The van der Waals surface area contributed by atoms with Gasteiger partial charge in [0.05, 0.1) is 18.1 Å². The molecule has 1 heterocycles. The lowest BCUT2D eigenvalue weighted by Crippen LogP contribution is -2.41. The van der Waals surface area contributed by atoms with E-state index in [0.717, 1.165) is 5.69 Å². The molecule has 0 atom stereocenters. The van der Waals surface area contributed by atoms with Crippen LogP contribution in [0.15, 0.2) is 35.3 Å². The van der Waals surface area contributed by atoms with Crippen molar-refractivity contribution in [2.45, 2.75) is 13.5 Å². The molecule has 1 amide bonds. The first-order chi connectivity index (χ1) is 12.4. The molecule has 0 aliphatic carbocycles. The molecule has 2 rings (SSSR count). The first kappa shape index (κ1) is 20.1. The van der Waals surface area contributed by atoms with Gasteiger partial charge in [-0.3, -0.25) is 4.79 Å². The fourth-order valence-electron chi connectivity index (χ4n) is 2.18. The quantitative estimate of drug-likeness (QED) is 0.515. The number of rotatable bonds is 6. The van der Waals surface area contributed by atoms with E-state index in [1.165, 1.54) is 18.2 Å². The Bertz CT molecular complexity index is 806. The summed E-state index contributed by atoms with van der Waals surface area (Å²) in [7, 11) is 1.80. The van der Waals surface area contributed by atoms with Crippen LogP contribution in [0.1, 0.15) is 12.6 Å². The molecule has 6 nitrogen and oxygen atoms in total. The lowest BCUT2D eigenvalue weighted by Gasteiger charge is -2.12. The van der Waals surface area contributed by atoms with E-state index >= 15 is 0 Å². The lowest BCUT2D eigenvalue weighted by molar-refractivity contribution is -0.115. The number of benzene rings is 1. The van der Waals surface area contributed by atoms with Crippen LogP contribution in [0.4, 0.5) is 10.1 Å². The molecule has 0 bridgehead atoms. The summed E-state index contributed by atoms with van der Waals surface area (Å²) in [4.78, 5) is 16.4. The fourth-order valence-corrected chi connectivity index (χ4v) is 2.59. The fraction of sp³-hybridized carbons (Fsp3) is 0.294. The number of aliphatic imine (C=N–C) groups is 1. The van der Waals surface area contributed by atoms with Crippen molar-refractivity contribution >= 4 is 40.8 Å². The van der Waals surface area contributed by atoms with Crippen molar-refractivity contribution in [1.82, 2.24) is 15.2 Å². The van der Waals surface area contributed by atoms with Crippen LogP contribution in [0.3, 0.4) is 0 Å². The third-order valence-corrected chi connectivity index (χ3v) is 4.33. The number of nitrogens with one attached hydrogen (secondary N) is 3. The number of guanidine groups is 1. The zero-order valence-corrected chi connectivity index (χ0v) is 16.0. The monoisotopic (exact) mass is 399 g/mol. The van der Waals surface area contributed by atoms with Gasteiger partial charge in [0.2, 0.25) is 5.91 Å². The Morgan fingerprint density at radius 3 is 2.65 bits per heavy atom. The number of amides is 1. The van der Waals surface area contributed by atoms with E-state index in [-0.39, 0.29) is 12.5 Å². The maximum atomic E-state index is 13.1. The minimum Gasteiger partial charge on any atom is -0.357 e. The molecule has 1 aromatic carbocycles. The molecule has 9 heteroatoms. The molecule has 0 unspecified atom stereocenters. The highest BCUT2D eigenvalue weighted by Crippen LogP contribution is 2.25. The number of carbonyl (C=O) groups is 1. The molecule has 0 saturated carbocycles. The highest BCUT2D eigenvalue weighted by Gasteiger charge is 2.09. The number of carbonyl (C=O) groups excluding carboxylic acids is 1. The van der Waals surface area contributed by atoms with Crippen LogP contribution >= 0.6 is 23.2 Å². The maximum absolute atomic E-state index is 13.1. The number of hydrogen-bond acceptors (Lipinski definition) is 2. The summed E-state index contributed by atoms with van der Waals surface area (Å²) in [6, 6.07) is 7.45. The van der Waals surface area contributed by atoms with Crippen molar-refractivity contribution in [3.63, 3.8) is 0 Å². The second kappa shape index (κ2) is 9.45. The van der Waals surface area contributed by atoms with Crippen molar-refractivity contribution in [2.24, 2.45) is 12.0 Å². The molecule has 2 aromatic rings. The van der Waals surface area contributed by atoms with Gasteiger partial charge in [0.1, 0.15) is 11.0 Å². The summed E-state index contributed by atoms with van der Waals surface area (Å²) in [6.45, 7) is 2.87. The smallest absolute Gasteiger partial charge is 0.243 e. The topological polar surface area (TPSA) is 70.5 Å². The SMILES string of the molecule is CCNC(=NCc1cc(Cl)c(Cl)n1C)NCC(=O)Nc1cccc(F)c1. The van der Waals surface area contributed by atoms with E-state index in [9.17, 15) is 9.18 Å². The zero-order valence-electron chi connectivity index (χ0n) is 14.4. The normalized spacial score (nSPS) is 11.3. The lowest BCUT2D eigenvalue weighted by atomic mass is 10.3. The Hall–Kier alpha value is -2.25. The van der Waals surface area contributed by atoms with Crippen LogP contribution in [0, 0.1) is 5.82 Å². The van der Waals surface area contributed by atoms with Gasteiger partial charge in [-0.05, 0) is 31.2 Å². The summed E-state index contributed by atoms with van der Waals surface area (Å²) in [6.07, 6.45) is 0. The van der Waals surface area contributed by atoms with E-state index < -0.39 is 5.82 Å². The summed E-state index contributed by atoms with van der Waals surface area (Å²) in [5.41, 5.74) is 1.23. The van der Waals surface area contributed by atoms with Gasteiger partial charge in [-0.25, -0.2) is 9.38 Å². The van der Waals surface area contributed by atoms with Crippen molar-refractivity contribution in [3.8, 4) is 0 Å². The van der Waals surface area contributed by atoms with Crippen LogP contribution in [0.25, 0.3) is 0 Å². The Balaban J connectivity index is 1.94. The van der Waals surface area contributed by atoms with E-state index in [1.807, 2.05) is 6.92 Å². The number of nitrogens with zero attached hydrogens (tertiary/aromatic N) is 2. The van der Waals surface area contributed by atoms with E-state index in [4.69, 9.17) is 23.2 Å². The van der Waals surface area contributed by atoms with E-state index in [2.05, 4.69) is 20.9 Å². The first-order valence-corrected chi connectivity index (χ1v) is 8.73. The summed E-state index contributed by atoms with van der Waals surface area (Å²) in [5.74, 6) is -0.257. The molecule has 0 radical (unpaired) electrons. The molecule has 0 fully saturated rings. The predicted octanol–water partition coefficient (Wildman–Crippen LogP) is 3.16. The van der Waals surface area contributed by atoms with Crippen LogP contribution < -0.4 is 16.0 Å². The highest BCUT2D eigenvalue weighted by atomic mass is 35.5. The molecule has 26 heavy (non-hydrogen) atoms. The first-order valence-electron chi connectivity index (χ1n) is 7.98. The van der Waals surface area contributed by atoms with Gasteiger partial charge in [0, 0.05) is 25.0 Å². The number of anilines is 1. The number of hydrogen-bond donors (Lipinski definition) is 3. The molecular weight excluding hydrogens is 380 g/mol. The van der Waals surface area contributed by atoms with E-state index in [0.29, 0.717) is 34.9 Å². The molecular formula is C17H20Cl2FN5O. The molecule has 3 N–H and O–H groups in total. The largest absolute Gasteiger partial charge is 0.357 e. The van der Waals surface area contributed by atoms with Gasteiger partial charge in [-0.15, -0.1) is 0 Å². The summed E-state index contributed by atoms with van der Waals surface area (Å²) >= 11 is 12.0. The van der Waals surface area contributed by atoms with Crippen molar-refractivity contribution in [3.05, 3.63) is 52.0 Å². The molecule has 140 valence electrons. The third kappa shape index (κ3) is 5.64. The Kier molecular flexibility index (Phi) is 7.29. The maximum Gasteiger partial charge on any atom is 0.243 e. The Morgan fingerprint density at radius 2 is 2.04 bits per heavy atom. The minimum absolute atomic E-state index is 0.0169. The number of halogens is 3. The van der Waals surface area contributed by atoms with Gasteiger partial charge in [-0.1, -0.05) is 29.3 Å². The number of aromatic nitrogens is 1. The predicted molar refractivity (Wildman–Crippen MR) is 103 cm³/mol. The molecule has 1 aromatic heterocycles. The van der Waals surface area contributed by atoms with Crippen molar-refractivity contribution in [2.75, 3.05) is 18.4 Å². The average Bonchev–Trinajstić information content (AvgIpc) is 2.84. The van der Waals surface area contributed by atoms with Crippen molar-refractivity contribution in [1.29, 1.82) is 0 Å². The molecule has 0 spiro atoms. The van der Waals surface area contributed by atoms with Crippen LogP contribution in [-0.4, -0.2) is 29.5 Å². The second-order valence-electron chi connectivity index (χ2n) is 5.44. The summed E-state index contributed by atoms with van der Waals surface area (Å²) < 4.78 is 14.9. The summed E-state index contributed by atoms with van der Waals surface area (Å²) in [5, 5.41) is 9.49. The second-order valence-corrected chi connectivity index (χ2v) is 6.21. The van der Waals surface area contributed by atoms with Gasteiger partial charge in [0.15, 0.2) is 5.96 Å².